The number of carbonyl (C=O) groups excluding carboxylic acids is 1. The number of ether oxygens (including phenoxy) is 1. The van der Waals surface area contributed by atoms with Gasteiger partial charge in [-0.3, -0.25) is 0 Å². The third-order valence-electron chi connectivity index (χ3n) is 4.49. The molecule has 0 saturated carbocycles. The predicted molar refractivity (Wildman–Crippen MR) is 92.1 cm³/mol. The number of nitrogens with one attached hydrogen (secondary N) is 1. The van der Waals surface area contributed by atoms with E-state index in [1.807, 2.05) is 30.3 Å². The summed E-state index contributed by atoms with van der Waals surface area (Å²) in [6, 6.07) is 0.210. The second kappa shape index (κ2) is 7.05. The molecule has 1 N–H and O–H groups in total. The Morgan fingerprint density at radius 2 is 2.30 bits per heavy atom. The second-order valence-corrected chi connectivity index (χ2v) is 7.79. The highest BCUT2D eigenvalue weighted by molar-refractivity contribution is 7.13. The minimum atomic E-state index is 0.00867. The van der Waals surface area contributed by atoms with Crippen molar-refractivity contribution in [1.29, 1.82) is 0 Å². The van der Waals surface area contributed by atoms with Crippen molar-refractivity contribution in [2.24, 2.45) is 5.41 Å². The van der Waals surface area contributed by atoms with Gasteiger partial charge in [0.15, 0.2) is 5.13 Å². The number of anilines is 1. The van der Waals surface area contributed by atoms with E-state index in [0.29, 0.717) is 0 Å². The number of nitrogens with zero attached hydrogens (tertiary/aromatic N) is 3. The van der Waals surface area contributed by atoms with Gasteiger partial charge in [0, 0.05) is 49.2 Å². The van der Waals surface area contributed by atoms with Crippen molar-refractivity contribution in [1.82, 2.24) is 15.2 Å². The summed E-state index contributed by atoms with van der Waals surface area (Å²) in [6.45, 7) is 8.80. The van der Waals surface area contributed by atoms with Crippen LogP contribution in [0.2, 0.25) is 0 Å². The van der Waals surface area contributed by atoms with Crippen LogP contribution in [0.1, 0.15) is 26.7 Å². The van der Waals surface area contributed by atoms with Crippen molar-refractivity contribution in [2.75, 3.05) is 44.3 Å². The smallest absolute Gasteiger partial charge is 0.317 e. The van der Waals surface area contributed by atoms with Gasteiger partial charge in [0.1, 0.15) is 0 Å². The largest absolute Gasteiger partial charge is 0.379 e. The van der Waals surface area contributed by atoms with Gasteiger partial charge in [0.05, 0.1) is 13.2 Å². The quantitative estimate of drug-likeness (QED) is 0.898. The zero-order valence-corrected chi connectivity index (χ0v) is 14.8. The van der Waals surface area contributed by atoms with E-state index in [1.165, 1.54) is 0 Å². The summed E-state index contributed by atoms with van der Waals surface area (Å²) < 4.78 is 5.90. The van der Waals surface area contributed by atoms with Crippen LogP contribution in [0.15, 0.2) is 11.6 Å². The Morgan fingerprint density at radius 1 is 1.43 bits per heavy atom. The first-order valence-electron chi connectivity index (χ1n) is 8.36. The van der Waals surface area contributed by atoms with E-state index in [1.54, 1.807) is 11.3 Å². The average Bonchev–Trinajstić information content (AvgIpc) is 2.97. The molecule has 0 unspecified atom stereocenters. The summed E-state index contributed by atoms with van der Waals surface area (Å²) in [5, 5.41) is 6.08. The second-order valence-electron chi connectivity index (χ2n) is 6.92. The normalized spacial score (nSPS) is 25.7. The van der Waals surface area contributed by atoms with Gasteiger partial charge in [-0.1, -0.05) is 0 Å². The third kappa shape index (κ3) is 3.95. The first-order chi connectivity index (χ1) is 11.1. The van der Waals surface area contributed by atoms with E-state index in [-0.39, 0.29) is 17.5 Å². The van der Waals surface area contributed by atoms with Crippen LogP contribution in [-0.2, 0) is 4.74 Å². The molecule has 6 nitrogen and oxygen atoms in total. The van der Waals surface area contributed by atoms with E-state index in [2.05, 4.69) is 15.2 Å². The Kier molecular flexibility index (Phi) is 5.06. The zero-order valence-electron chi connectivity index (χ0n) is 14.0. The van der Waals surface area contributed by atoms with Gasteiger partial charge in [0.25, 0.3) is 0 Å². The van der Waals surface area contributed by atoms with Gasteiger partial charge in [-0.15, -0.1) is 11.3 Å². The number of amides is 2. The number of hydrogen-bond acceptors (Lipinski definition) is 5. The van der Waals surface area contributed by atoms with E-state index in [4.69, 9.17) is 4.74 Å². The molecule has 23 heavy (non-hydrogen) atoms. The molecule has 2 fully saturated rings. The fraction of sp³-hybridized carbons (Fsp3) is 0.750. The van der Waals surface area contributed by atoms with Crippen molar-refractivity contribution < 1.29 is 9.53 Å². The maximum absolute atomic E-state index is 12.4. The lowest BCUT2D eigenvalue weighted by Gasteiger charge is -2.43. The Hall–Kier alpha value is -1.34. The van der Waals surface area contributed by atoms with Gasteiger partial charge < -0.3 is 19.9 Å². The molecule has 7 heteroatoms. The van der Waals surface area contributed by atoms with Crippen LogP contribution in [0.3, 0.4) is 0 Å². The van der Waals surface area contributed by atoms with Crippen LogP contribution in [-0.4, -0.2) is 61.3 Å². The van der Waals surface area contributed by atoms with Gasteiger partial charge in [0.2, 0.25) is 0 Å². The van der Waals surface area contributed by atoms with Crippen molar-refractivity contribution >= 4 is 22.5 Å². The highest BCUT2D eigenvalue weighted by atomic mass is 32.1. The molecule has 0 aliphatic carbocycles. The standard InChI is InChI=1S/C16H26N4O2S/c1-13(2)18-14(21)19-6-3-4-16(10-19)11-20(7-8-22-12-16)15-17-5-9-23-15/h5,9,13H,3-4,6-8,10-12H2,1-2H3,(H,18,21)/t16-/m1/s1. The number of rotatable bonds is 2. The fourth-order valence-corrected chi connectivity index (χ4v) is 4.16. The third-order valence-corrected chi connectivity index (χ3v) is 5.32. The maximum Gasteiger partial charge on any atom is 0.317 e. The maximum atomic E-state index is 12.4. The van der Waals surface area contributed by atoms with Crippen molar-refractivity contribution in [3.05, 3.63) is 11.6 Å². The van der Waals surface area contributed by atoms with Gasteiger partial charge >= 0.3 is 6.03 Å². The van der Waals surface area contributed by atoms with Crippen LogP contribution < -0.4 is 10.2 Å². The molecule has 128 valence electrons. The molecular formula is C16H26N4O2S. The van der Waals surface area contributed by atoms with E-state index in [9.17, 15) is 4.79 Å². The number of likely N-dealkylation sites (tertiary alicyclic amines) is 1. The van der Waals surface area contributed by atoms with Crippen LogP contribution in [0.4, 0.5) is 9.93 Å². The molecule has 0 aromatic carbocycles. The summed E-state index contributed by atoms with van der Waals surface area (Å²) in [5.74, 6) is 0. The first kappa shape index (κ1) is 16.5. The molecule has 2 saturated heterocycles. The monoisotopic (exact) mass is 338 g/mol. The summed E-state index contributed by atoms with van der Waals surface area (Å²) in [4.78, 5) is 21.1. The Morgan fingerprint density at radius 3 is 3.04 bits per heavy atom. The van der Waals surface area contributed by atoms with E-state index < -0.39 is 0 Å². The lowest BCUT2D eigenvalue weighted by Crippen LogP contribution is -2.55. The van der Waals surface area contributed by atoms with Crippen molar-refractivity contribution in [3.8, 4) is 0 Å². The van der Waals surface area contributed by atoms with E-state index >= 15 is 0 Å². The van der Waals surface area contributed by atoms with Crippen molar-refractivity contribution in [3.63, 3.8) is 0 Å². The molecule has 2 aliphatic heterocycles. The van der Waals surface area contributed by atoms with Crippen LogP contribution in [0.5, 0.6) is 0 Å². The highest BCUT2D eigenvalue weighted by Gasteiger charge is 2.40. The highest BCUT2D eigenvalue weighted by Crippen LogP contribution is 2.35. The Bertz CT molecular complexity index is 522. The predicted octanol–water partition coefficient (Wildman–Crippen LogP) is 2.18. The van der Waals surface area contributed by atoms with Crippen LogP contribution in [0.25, 0.3) is 0 Å². The van der Waals surface area contributed by atoms with Gasteiger partial charge in [-0.25, -0.2) is 9.78 Å². The number of piperidine rings is 1. The molecule has 3 heterocycles. The lowest BCUT2D eigenvalue weighted by atomic mass is 9.80. The molecule has 2 amide bonds. The summed E-state index contributed by atoms with van der Waals surface area (Å²) >= 11 is 1.67. The molecule has 0 bridgehead atoms. The molecule has 1 aromatic heterocycles. The summed E-state index contributed by atoms with van der Waals surface area (Å²) in [6.07, 6.45) is 3.97. The molecule has 0 radical (unpaired) electrons. The summed E-state index contributed by atoms with van der Waals surface area (Å²) in [7, 11) is 0. The molecule has 1 spiro atoms. The molecular weight excluding hydrogens is 312 g/mol. The van der Waals surface area contributed by atoms with Crippen LogP contribution in [0, 0.1) is 5.41 Å². The van der Waals surface area contributed by atoms with Crippen LogP contribution >= 0.6 is 11.3 Å². The minimum absolute atomic E-state index is 0.00867. The number of aromatic nitrogens is 1. The lowest BCUT2D eigenvalue weighted by molar-refractivity contribution is 0.0242. The fourth-order valence-electron chi connectivity index (χ4n) is 3.49. The number of carbonyl (C=O) groups is 1. The number of thiazole rings is 1. The van der Waals surface area contributed by atoms with E-state index in [0.717, 1.165) is 57.4 Å². The van der Waals surface area contributed by atoms with Gasteiger partial charge in [-0.05, 0) is 26.7 Å². The SMILES string of the molecule is CC(C)NC(=O)N1CCC[C@@]2(COCCN(c3nccs3)C2)C1. The Balaban J connectivity index is 1.72. The number of hydrogen-bond donors (Lipinski definition) is 1. The molecule has 3 rings (SSSR count). The topological polar surface area (TPSA) is 57.7 Å². The minimum Gasteiger partial charge on any atom is -0.379 e. The van der Waals surface area contributed by atoms with Crippen molar-refractivity contribution in [2.45, 2.75) is 32.7 Å². The first-order valence-corrected chi connectivity index (χ1v) is 9.24. The zero-order chi connectivity index (χ0) is 16.3. The Labute approximate surface area is 141 Å². The molecule has 2 aliphatic rings. The molecule has 1 aromatic rings. The molecule has 1 atom stereocenters. The average molecular weight is 338 g/mol. The number of urea groups is 1. The summed E-state index contributed by atoms with van der Waals surface area (Å²) in [5.41, 5.74) is 0.00867. The van der Waals surface area contributed by atoms with Gasteiger partial charge in [-0.2, -0.15) is 0 Å².